The molecule has 0 aliphatic heterocycles. The van der Waals surface area contributed by atoms with E-state index in [1.54, 1.807) is 23.5 Å². The Hall–Kier alpha value is -1.59. The van der Waals surface area contributed by atoms with Crippen molar-refractivity contribution in [3.05, 3.63) is 34.8 Å². The number of nitrogens with two attached hydrogens (primary N) is 1. The second kappa shape index (κ2) is 3.47. The predicted molar refractivity (Wildman–Crippen MR) is 65.7 cm³/mol. The monoisotopic (exact) mass is 250 g/mol. The van der Waals surface area contributed by atoms with Crippen molar-refractivity contribution in [3.63, 3.8) is 0 Å². The van der Waals surface area contributed by atoms with Gasteiger partial charge in [-0.1, -0.05) is 11.6 Å². The van der Waals surface area contributed by atoms with Gasteiger partial charge in [0.05, 0.1) is 10.7 Å². The highest BCUT2D eigenvalue weighted by Gasteiger charge is 2.09. The van der Waals surface area contributed by atoms with Crippen molar-refractivity contribution in [3.8, 4) is 11.4 Å². The van der Waals surface area contributed by atoms with E-state index in [4.69, 9.17) is 17.3 Å². The van der Waals surface area contributed by atoms with Crippen LogP contribution in [0.25, 0.3) is 16.3 Å². The Morgan fingerprint density at radius 3 is 3.00 bits per heavy atom. The van der Waals surface area contributed by atoms with Gasteiger partial charge >= 0.3 is 0 Å². The van der Waals surface area contributed by atoms with Gasteiger partial charge in [-0.3, -0.25) is 4.40 Å². The van der Waals surface area contributed by atoms with Crippen molar-refractivity contribution >= 4 is 33.6 Å². The highest BCUT2D eigenvalue weighted by molar-refractivity contribution is 7.15. The average molecular weight is 251 g/mol. The summed E-state index contributed by atoms with van der Waals surface area (Å²) in [5, 5.41) is 10.7. The molecule has 2 heterocycles. The number of benzene rings is 1. The molecule has 0 saturated heterocycles. The number of rotatable bonds is 1. The first-order valence-electron chi connectivity index (χ1n) is 4.59. The van der Waals surface area contributed by atoms with Crippen LogP contribution in [0.3, 0.4) is 0 Å². The number of hydrogen-bond donors (Lipinski definition) is 1. The molecule has 0 aliphatic rings. The molecule has 0 fully saturated rings. The van der Waals surface area contributed by atoms with Gasteiger partial charge in [0.2, 0.25) is 4.96 Å². The summed E-state index contributed by atoms with van der Waals surface area (Å²) in [4.78, 5) is 0.864. The predicted octanol–water partition coefficient (Wildman–Crippen LogP) is 2.69. The number of halogens is 1. The second-order valence-electron chi connectivity index (χ2n) is 3.32. The largest absolute Gasteiger partial charge is 0.398 e. The molecule has 0 spiro atoms. The van der Waals surface area contributed by atoms with Crippen LogP contribution < -0.4 is 5.73 Å². The lowest BCUT2D eigenvalue weighted by molar-refractivity contribution is 1.11. The topological polar surface area (TPSA) is 56.2 Å². The number of thiazole rings is 1. The first-order chi connectivity index (χ1) is 7.75. The van der Waals surface area contributed by atoms with Crippen LogP contribution in [0.5, 0.6) is 0 Å². The molecule has 4 nitrogen and oxygen atoms in total. The molecule has 3 rings (SSSR count). The molecule has 3 aromatic rings. The summed E-state index contributed by atoms with van der Waals surface area (Å²) in [6.45, 7) is 0. The fourth-order valence-corrected chi connectivity index (χ4v) is 2.29. The summed E-state index contributed by atoms with van der Waals surface area (Å²) < 4.78 is 1.92. The molecule has 0 bridgehead atoms. The fraction of sp³-hybridized carbons (Fsp3) is 0. The Morgan fingerprint density at radius 2 is 2.19 bits per heavy atom. The molecule has 0 saturated carbocycles. The molecule has 0 unspecified atom stereocenters. The number of fused-ring (bicyclic) bond motifs is 1. The Morgan fingerprint density at radius 1 is 1.31 bits per heavy atom. The number of nitrogens with zero attached hydrogens (tertiary/aromatic N) is 3. The van der Waals surface area contributed by atoms with Gasteiger partial charge in [-0.15, -0.1) is 21.5 Å². The summed E-state index contributed by atoms with van der Waals surface area (Å²) in [6.07, 6.45) is 1.93. The third kappa shape index (κ3) is 1.36. The van der Waals surface area contributed by atoms with Crippen molar-refractivity contribution in [1.29, 1.82) is 0 Å². The third-order valence-electron chi connectivity index (χ3n) is 2.30. The summed E-state index contributed by atoms with van der Waals surface area (Å²) >= 11 is 7.42. The molecule has 0 aliphatic carbocycles. The van der Waals surface area contributed by atoms with Crippen LogP contribution >= 0.6 is 22.9 Å². The second-order valence-corrected chi connectivity index (χ2v) is 4.60. The standard InChI is InChI=1S/C10H7ClN4S/c11-7-2-1-6(5-8(7)12)9-13-14-10-15(9)3-4-16-10/h1-5H,12H2. The Kier molecular flexibility index (Phi) is 2.08. The SMILES string of the molecule is Nc1cc(-c2nnc3sccn23)ccc1Cl. The van der Waals surface area contributed by atoms with Crippen LogP contribution in [0.2, 0.25) is 5.02 Å². The van der Waals surface area contributed by atoms with Gasteiger partial charge in [-0.25, -0.2) is 0 Å². The van der Waals surface area contributed by atoms with Crippen LogP contribution in [-0.2, 0) is 0 Å². The lowest BCUT2D eigenvalue weighted by Crippen LogP contribution is -1.90. The summed E-state index contributed by atoms with van der Waals surface area (Å²) in [5.41, 5.74) is 7.22. The lowest BCUT2D eigenvalue weighted by atomic mass is 10.2. The third-order valence-corrected chi connectivity index (χ3v) is 3.39. The minimum atomic E-state index is 0.547. The molecule has 6 heteroatoms. The number of hydrogen-bond acceptors (Lipinski definition) is 4. The Balaban J connectivity index is 2.23. The van der Waals surface area contributed by atoms with E-state index >= 15 is 0 Å². The van der Waals surface area contributed by atoms with Crippen molar-refractivity contribution in [1.82, 2.24) is 14.6 Å². The van der Waals surface area contributed by atoms with E-state index in [2.05, 4.69) is 10.2 Å². The van der Waals surface area contributed by atoms with E-state index in [0.29, 0.717) is 10.7 Å². The maximum Gasteiger partial charge on any atom is 0.216 e. The molecule has 0 atom stereocenters. The van der Waals surface area contributed by atoms with Gasteiger partial charge in [0.1, 0.15) is 0 Å². The van der Waals surface area contributed by atoms with E-state index in [-0.39, 0.29) is 0 Å². The number of nitrogen functional groups attached to an aromatic ring is 1. The highest BCUT2D eigenvalue weighted by atomic mass is 35.5. The minimum absolute atomic E-state index is 0.547. The Bertz CT molecular complexity index is 658. The zero-order valence-electron chi connectivity index (χ0n) is 8.09. The van der Waals surface area contributed by atoms with E-state index in [0.717, 1.165) is 16.3 Å². The van der Waals surface area contributed by atoms with E-state index in [1.165, 1.54) is 0 Å². The average Bonchev–Trinajstić information content (AvgIpc) is 2.83. The summed E-state index contributed by atoms with van der Waals surface area (Å²) in [7, 11) is 0. The lowest BCUT2D eigenvalue weighted by Gasteiger charge is -2.01. The van der Waals surface area contributed by atoms with Crippen LogP contribution in [0, 0.1) is 0 Å². The first-order valence-corrected chi connectivity index (χ1v) is 5.85. The zero-order valence-corrected chi connectivity index (χ0v) is 9.66. The molecule has 80 valence electrons. The van der Waals surface area contributed by atoms with Crippen LogP contribution in [-0.4, -0.2) is 14.6 Å². The molecule has 2 aromatic heterocycles. The molecule has 0 radical (unpaired) electrons. The van der Waals surface area contributed by atoms with Gasteiger partial charge in [-0.2, -0.15) is 0 Å². The number of aromatic nitrogens is 3. The van der Waals surface area contributed by atoms with Crippen LogP contribution in [0.1, 0.15) is 0 Å². The van der Waals surface area contributed by atoms with Gasteiger partial charge in [0.15, 0.2) is 5.82 Å². The fourth-order valence-electron chi connectivity index (χ4n) is 1.52. The number of anilines is 1. The Labute approximate surface area is 100 Å². The van der Waals surface area contributed by atoms with Gasteiger partial charge in [0.25, 0.3) is 0 Å². The van der Waals surface area contributed by atoms with Crippen LogP contribution in [0.15, 0.2) is 29.8 Å². The summed E-state index contributed by atoms with van der Waals surface area (Å²) in [6, 6.07) is 5.45. The molecule has 1 aromatic carbocycles. The van der Waals surface area contributed by atoms with Crippen molar-refractivity contribution in [2.24, 2.45) is 0 Å². The summed E-state index contributed by atoms with van der Waals surface area (Å²) in [5.74, 6) is 0.777. The normalized spacial score (nSPS) is 11.1. The molecular weight excluding hydrogens is 244 g/mol. The first kappa shape index (κ1) is 9.62. The zero-order chi connectivity index (χ0) is 11.1. The van der Waals surface area contributed by atoms with Crippen molar-refractivity contribution in [2.45, 2.75) is 0 Å². The van der Waals surface area contributed by atoms with Gasteiger partial charge in [-0.05, 0) is 18.2 Å². The molecule has 0 amide bonds. The minimum Gasteiger partial charge on any atom is -0.398 e. The van der Waals surface area contributed by atoms with Crippen molar-refractivity contribution < 1.29 is 0 Å². The molecular formula is C10H7ClN4S. The van der Waals surface area contributed by atoms with E-state index in [9.17, 15) is 0 Å². The quantitative estimate of drug-likeness (QED) is 0.676. The molecule has 2 N–H and O–H groups in total. The van der Waals surface area contributed by atoms with Crippen LogP contribution in [0.4, 0.5) is 5.69 Å². The van der Waals surface area contributed by atoms with Crippen molar-refractivity contribution in [2.75, 3.05) is 5.73 Å². The maximum atomic E-state index is 5.87. The maximum absolute atomic E-state index is 5.87. The smallest absolute Gasteiger partial charge is 0.216 e. The van der Waals surface area contributed by atoms with Gasteiger partial charge in [0, 0.05) is 17.1 Å². The highest BCUT2D eigenvalue weighted by Crippen LogP contribution is 2.26. The van der Waals surface area contributed by atoms with E-state index < -0.39 is 0 Å². The molecule has 16 heavy (non-hydrogen) atoms. The van der Waals surface area contributed by atoms with Gasteiger partial charge < -0.3 is 5.73 Å². The van der Waals surface area contributed by atoms with E-state index in [1.807, 2.05) is 22.0 Å².